The maximum atomic E-state index is 12.7. The number of nitrogens with zero attached hydrogens (tertiary/aromatic N) is 4. The van der Waals surface area contributed by atoms with Gasteiger partial charge in [-0.3, -0.25) is 9.69 Å². The molecule has 0 unspecified atom stereocenters. The minimum absolute atomic E-state index is 0.0558. The molecule has 6 nitrogen and oxygen atoms in total. The molecule has 1 saturated carbocycles. The number of aromatic nitrogens is 4. The fourth-order valence-corrected chi connectivity index (χ4v) is 4.50. The van der Waals surface area contributed by atoms with Crippen molar-refractivity contribution >= 4 is 5.52 Å². The summed E-state index contributed by atoms with van der Waals surface area (Å²) in [4.78, 5) is 23.0. The van der Waals surface area contributed by atoms with Gasteiger partial charge in [0.05, 0.1) is 22.5 Å². The van der Waals surface area contributed by atoms with Gasteiger partial charge < -0.3 is 4.98 Å². The van der Waals surface area contributed by atoms with Crippen molar-refractivity contribution in [3.05, 3.63) is 63.6 Å². The zero-order valence-electron chi connectivity index (χ0n) is 15.5. The van der Waals surface area contributed by atoms with Gasteiger partial charge in [0.1, 0.15) is 5.82 Å². The van der Waals surface area contributed by atoms with E-state index >= 15 is 0 Å². The standard InChI is InChI=1S/C21H25N5O/c27-21-18-14-25(13-16-12-17-8-4-5-10-26(17)24-16)11-9-19(18)22-20(23-21)15-6-2-1-3-7-15/h4-5,8,10,12,15H,1-3,6-7,9,11,13-14H2,(H,22,23,27). The van der Waals surface area contributed by atoms with Crippen molar-refractivity contribution in [3.8, 4) is 0 Å². The third-order valence-corrected chi connectivity index (χ3v) is 5.96. The summed E-state index contributed by atoms with van der Waals surface area (Å²) in [5, 5.41) is 4.63. The molecule has 3 aromatic rings. The molecule has 140 valence electrons. The Labute approximate surface area is 158 Å². The van der Waals surface area contributed by atoms with E-state index < -0.39 is 0 Å². The highest BCUT2D eigenvalue weighted by Crippen LogP contribution is 2.30. The molecule has 0 amide bonds. The SMILES string of the molecule is O=c1[nH]c(C2CCCCC2)nc2c1CN(Cc1cc3ccccn3n1)CC2. The maximum Gasteiger partial charge on any atom is 0.255 e. The van der Waals surface area contributed by atoms with Crippen LogP contribution in [0.2, 0.25) is 0 Å². The number of pyridine rings is 1. The lowest BCUT2D eigenvalue weighted by atomic mass is 9.88. The van der Waals surface area contributed by atoms with Gasteiger partial charge in [0, 0.05) is 38.2 Å². The Hall–Kier alpha value is -2.47. The maximum absolute atomic E-state index is 12.7. The van der Waals surface area contributed by atoms with Crippen molar-refractivity contribution in [1.29, 1.82) is 0 Å². The van der Waals surface area contributed by atoms with Crippen molar-refractivity contribution in [2.45, 2.75) is 57.5 Å². The molecule has 0 spiro atoms. The predicted octanol–water partition coefficient (Wildman–Crippen LogP) is 3.02. The number of fused-ring (bicyclic) bond motifs is 2. The molecule has 1 N–H and O–H groups in total. The van der Waals surface area contributed by atoms with Crippen molar-refractivity contribution in [1.82, 2.24) is 24.5 Å². The van der Waals surface area contributed by atoms with Gasteiger partial charge in [0.25, 0.3) is 5.56 Å². The monoisotopic (exact) mass is 363 g/mol. The molecule has 0 aromatic carbocycles. The zero-order valence-corrected chi connectivity index (χ0v) is 15.5. The van der Waals surface area contributed by atoms with E-state index in [2.05, 4.69) is 27.1 Å². The molecule has 4 heterocycles. The number of H-pyrrole nitrogens is 1. The van der Waals surface area contributed by atoms with Gasteiger partial charge in [0.2, 0.25) is 0 Å². The normalized spacial score (nSPS) is 18.7. The molecule has 5 rings (SSSR count). The molecular weight excluding hydrogens is 338 g/mol. The molecule has 0 atom stereocenters. The fraction of sp³-hybridized carbons (Fsp3) is 0.476. The van der Waals surface area contributed by atoms with Gasteiger partial charge in [-0.15, -0.1) is 0 Å². The molecule has 0 bridgehead atoms. The van der Waals surface area contributed by atoms with Crippen LogP contribution in [0.15, 0.2) is 35.3 Å². The first-order valence-corrected chi connectivity index (χ1v) is 10.0. The van der Waals surface area contributed by atoms with E-state index in [9.17, 15) is 4.79 Å². The van der Waals surface area contributed by atoms with Crippen LogP contribution in [-0.2, 0) is 19.5 Å². The summed E-state index contributed by atoms with van der Waals surface area (Å²) in [6, 6.07) is 8.18. The van der Waals surface area contributed by atoms with Crippen LogP contribution in [0.3, 0.4) is 0 Å². The summed E-state index contributed by atoms with van der Waals surface area (Å²) >= 11 is 0. The topological polar surface area (TPSA) is 66.3 Å². The Morgan fingerprint density at radius 2 is 2.07 bits per heavy atom. The highest BCUT2D eigenvalue weighted by Gasteiger charge is 2.24. The average molecular weight is 363 g/mol. The third kappa shape index (κ3) is 3.30. The van der Waals surface area contributed by atoms with E-state index in [0.717, 1.165) is 60.6 Å². The summed E-state index contributed by atoms with van der Waals surface area (Å²) in [5.74, 6) is 1.36. The van der Waals surface area contributed by atoms with Gasteiger partial charge in [-0.1, -0.05) is 25.3 Å². The first-order chi connectivity index (χ1) is 13.3. The lowest BCUT2D eigenvalue weighted by Crippen LogP contribution is -2.36. The molecular formula is C21H25N5O. The Balaban J connectivity index is 1.35. The summed E-state index contributed by atoms with van der Waals surface area (Å²) in [6.07, 6.45) is 8.92. The van der Waals surface area contributed by atoms with Crippen molar-refractivity contribution in [2.24, 2.45) is 0 Å². The number of hydrogen-bond donors (Lipinski definition) is 1. The summed E-state index contributed by atoms with van der Waals surface area (Å²) in [7, 11) is 0. The lowest BCUT2D eigenvalue weighted by molar-refractivity contribution is 0.238. The summed E-state index contributed by atoms with van der Waals surface area (Å²) in [5.41, 5.74) is 4.03. The number of nitrogens with one attached hydrogen (secondary N) is 1. The lowest BCUT2D eigenvalue weighted by Gasteiger charge is -2.28. The van der Waals surface area contributed by atoms with Crippen LogP contribution in [0.5, 0.6) is 0 Å². The summed E-state index contributed by atoms with van der Waals surface area (Å²) in [6.45, 7) is 2.32. The Morgan fingerprint density at radius 1 is 1.19 bits per heavy atom. The van der Waals surface area contributed by atoms with Crippen LogP contribution >= 0.6 is 0 Å². The average Bonchev–Trinajstić information content (AvgIpc) is 3.11. The molecule has 3 aromatic heterocycles. The second kappa shape index (κ2) is 6.93. The van der Waals surface area contributed by atoms with Crippen LogP contribution in [0.25, 0.3) is 5.52 Å². The number of hydrogen-bond acceptors (Lipinski definition) is 4. The minimum Gasteiger partial charge on any atom is -0.310 e. The molecule has 2 aliphatic rings. The van der Waals surface area contributed by atoms with Gasteiger partial charge in [-0.05, 0) is 31.0 Å². The second-order valence-electron chi connectivity index (χ2n) is 7.88. The van der Waals surface area contributed by atoms with Crippen LogP contribution < -0.4 is 5.56 Å². The van der Waals surface area contributed by atoms with E-state index in [1.807, 2.05) is 22.8 Å². The fourth-order valence-electron chi connectivity index (χ4n) is 4.50. The second-order valence-corrected chi connectivity index (χ2v) is 7.88. The van der Waals surface area contributed by atoms with Crippen LogP contribution in [0, 0.1) is 0 Å². The Bertz CT molecular complexity index is 982. The predicted molar refractivity (Wildman–Crippen MR) is 104 cm³/mol. The van der Waals surface area contributed by atoms with E-state index in [4.69, 9.17) is 4.98 Å². The quantitative estimate of drug-likeness (QED) is 0.777. The highest BCUT2D eigenvalue weighted by molar-refractivity contribution is 5.46. The Kier molecular flexibility index (Phi) is 4.28. The minimum atomic E-state index is 0.0558. The largest absolute Gasteiger partial charge is 0.310 e. The van der Waals surface area contributed by atoms with Gasteiger partial charge in [0.15, 0.2) is 0 Å². The Morgan fingerprint density at radius 3 is 2.93 bits per heavy atom. The van der Waals surface area contributed by atoms with E-state index in [-0.39, 0.29) is 5.56 Å². The number of rotatable bonds is 3. The summed E-state index contributed by atoms with van der Waals surface area (Å²) < 4.78 is 1.90. The van der Waals surface area contributed by atoms with Crippen LogP contribution in [0.1, 0.15) is 60.8 Å². The first kappa shape index (κ1) is 16.7. The molecule has 0 radical (unpaired) electrons. The molecule has 27 heavy (non-hydrogen) atoms. The highest BCUT2D eigenvalue weighted by atomic mass is 16.1. The zero-order chi connectivity index (χ0) is 18.2. The van der Waals surface area contributed by atoms with Crippen LogP contribution in [-0.4, -0.2) is 31.0 Å². The van der Waals surface area contributed by atoms with Gasteiger partial charge >= 0.3 is 0 Å². The van der Waals surface area contributed by atoms with E-state index in [1.165, 1.54) is 19.3 Å². The van der Waals surface area contributed by atoms with E-state index in [0.29, 0.717) is 12.5 Å². The van der Waals surface area contributed by atoms with Crippen molar-refractivity contribution in [3.63, 3.8) is 0 Å². The first-order valence-electron chi connectivity index (χ1n) is 10.0. The molecule has 0 saturated heterocycles. The van der Waals surface area contributed by atoms with Gasteiger partial charge in [-0.25, -0.2) is 9.50 Å². The third-order valence-electron chi connectivity index (χ3n) is 5.96. The van der Waals surface area contributed by atoms with Crippen molar-refractivity contribution < 1.29 is 0 Å². The van der Waals surface area contributed by atoms with E-state index in [1.54, 1.807) is 0 Å². The molecule has 1 aliphatic heterocycles. The number of aromatic amines is 1. The van der Waals surface area contributed by atoms with Crippen LogP contribution in [0.4, 0.5) is 0 Å². The van der Waals surface area contributed by atoms with Gasteiger partial charge in [-0.2, -0.15) is 5.10 Å². The molecule has 1 aliphatic carbocycles. The molecule has 1 fully saturated rings. The molecule has 6 heteroatoms. The van der Waals surface area contributed by atoms with Crippen molar-refractivity contribution in [2.75, 3.05) is 6.54 Å². The smallest absolute Gasteiger partial charge is 0.255 e.